The van der Waals surface area contributed by atoms with E-state index in [0.717, 1.165) is 18.2 Å². The summed E-state index contributed by atoms with van der Waals surface area (Å²) in [5.41, 5.74) is -4.89. The lowest BCUT2D eigenvalue weighted by Crippen LogP contribution is -2.61. The molecule has 0 aliphatic carbocycles. The second-order valence-corrected chi connectivity index (χ2v) is 16.9. The Kier molecular flexibility index (Phi) is 15.7. The van der Waals surface area contributed by atoms with Crippen molar-refractivity contribution >= 4 is 17.5 Å². The number of alkyl halides is 1. The summed E-state index contributed by atoms with van der Waals surface area (Å²) in [6.45, 7) is 13.0. The van der Waals surface area contributed by atoms with Gasteiger partial charge in [0.25, 0.3) is 5.67 Å². The highest BCUT2D eigenvalue weighted by molar-refractivity contribution is 6.07. The fourth-order valence-electron chi connectivity index (χ4n) is 8.49. The van der Waals surface area contributed by atoms with Gasteiger partial charge in [0.1, 0.15) is 23.6 Å². The number of imidazole rings is 1. The van der Waals surface area contributed by atoms with Gasteiger partial charge in [-0.2, -0.15) is 0 Å². The van der Waals surface area contributed by atoms with Crippen molar-refractivity contribution in [3.63, 3.8) is 0 Å². The second kappa shape index (κ2) is 19.3. The van der Waals surface area contributed by atoms with Crippen molar-refractivity contribution in [1.29, 1.82) is 0 Å². The van der Waals surface area contributed by atoms with Gasteiger partial charge in [-0.3, -0.25) is 14.6 Å². The highest BCUT2D eigenvalue weighted by Crippen LogP contribution is 2.40. The minimum Gasteiger partial charge on any atom is -0.457 e. The van der Waals surface area contributed by atoms with Crippen molar-refractivity contribution in [1.82, 2.24) is 19.4 Å². The molecule has 4 heterocycles. The molecule has 2 aliphatic rings. The van der Waals surface area contributed by atoms with Crippen LogP contribution in [0.4, 0.5) is 4.39 Å². The van der Waals surface area contributed by atoms with Crippen molar-refractivity contribution in [3.8, 4) is 11.3 Å². The SMILES string of the molecule is CC[C@H]1OC(=O)[C@@](C)(F)C(=O)[C@H](C)[C@@H](O[C@@H]2O[C@H](C)C[C@H](N(C)C)[C@H]2O)[C@@](C)(OC)C[C@@H](C)C(=O)[C@H](C)C(OCCCCn2cnc(-c3cccnc3)c2)[C@]1(C)O. The molecule has 0 saturated carbocycles. The number of unbranched alkanes of at least 4 members (excludes halogenated alkanes) is 1. The summed E-state index contributed by atoms with van der Waals surface area (Å²) in [7, 11) is 5.04. The molecule has 15 heteroatoms. The number of carbonyl (C=O) groups is 3. The van der Waals surface area contributed by atoms with E-state index in [-0.39, 0.29) is 37.4 Å². The summed E-state index contributed by atoms with van der Waals surface area (Å²) in [6.07, 6.45) is 2.34. The standard InChI is InChI=1S/C42H65FN4O10/c1-12-32-42(8,52)37(54-19-14-13-18-47-23-30(45-24-47)29-16-15-17-44-22-29)27(4)33(48)25(2)21-40(6,53-11)36(28(5)35(50)41(7,43)39(51)56-32)57-38-34(49)31(46(9)10)20-26(3)55-38/h15-17,22-28,31-32,34,36-38,49,52H,12-14,18-21H2,1-11H3/t25-,26-,27+,28+,31+,32-,34-,36-,37?,38+,40+,41+,42-/m1/s1. The van der Waals surface area contributed by atoms with Crippen LogP contribution in [0.3, 0.4) is 0 Å². The number of likely N-dealkylation sites (N-methyl/N-ethyl adjacent to an activating group) is 1. The van der Waals surface area contributed by atoms with Crippen LogP contribution in [0.25, 0.3) is 11.3 Å². The second-order valence-electron chi connectivity index (χ2n) is 16.9. The molecule has 57 heavy (non-hydrogen) atoms. The van der Waals surface area contributed by atoms with Gasteiger partial charge in [-0.1, -0.05) is 27.7 Å². The van der Waals surface area contributed by atoms with Gasteiger partial charge in [-0.15, -0.1) is 0 Å². The summed E-state index contributed by atoms with van der Waals surface area (Å²) in [5.74, 6) is -5.95. The summed E-state index contributed by atoms with van der Waals surface area (Å²) < 4.78 is 49.2. The number of aliphatic hydroxyl groups is 2. The molecular weight excluding hydrogens is 739 g/mol. The number of esters is 1. The van der Waals surface area contributed by atoms with Gasteiger partial charge in [0.15, 0.2) is 12.1 Å². The number of rotatable bonds is 12. The minimum atomic E-state index is -3.18. The maximum atomic E-state index is 16.7. The van der Waals surface area contributed by atoms with E-state index in [1.54, 1.807) is 46.4 Å². The van der Waals surface area contributed by atoms with E-state index in [1.165, 1.54) is 21.0 Å². The zero-order chi connectivity index (χ0) is 42.5. The van der Waals surface area contributed by atoms with Crippen LogP contribution in [0.5, 0.6) is 0 Å². The number of hydrogen-bond acceptors (Lipinski definition) is 13. The van der Waals surface area contributed by atoms with E-state index in [9.17, 15) is 24.6 Å². The average molecular weight is 805 g/mol. The van der Waals surface area contributed by atoms with Gasteiger partial charge >= 0.3 is 5.97 Å². The van der Waals surface area contributed by atoms with Gasteiger partial charge in [-0.05, 0) is 86.0 Å². The lowest BCUT2D eigenvalue weighted by atomic mass is 9.74. The Morgan fingerprint density at radius 1 is 1.07 bits per heavy atom. The first-order valence-corrected chi connectivity index (χ1v) is 20.1. The number of hydrogen-bond donors (Lipinski definition) is 2. The molecule has 13 atom stereocenters. The third-order valence-electron chi connectivity index (χ3n) is 12.0. The number of pyridine rings is 1. The van der Waals surface area contributed by atoms with E-state index < -0.39 is 77.1 Å². The van der Waals surface area contributed by atoms with Gasteiger partial charge < -0.3 is 43.4 Å². The Morgan fingerprint density at radius 2 is 1.77 bits per heavy atom. The summed E-state index contributed by atoms with van der Waals surface area (Å²) >= 11 is 0. The van der Waals surface area contributed by atoms with E-state index in [2.05, 4.69) is 9.97 Å². The van der Waals surface area contributed by atoms with Crippen molar-refractivity contribution in [2.45, 2.75) is 154 Å². The molecule has 4 rings (SSSR count). The van der Waals surface area contributed by atoms with Crippen LogP contribution in [-0.4, -0.2) is 135 Å². The quantitative estimate of drug-likeness (QED) is 0.174. The third-order valence-corrected chi connectivity index (χ3v) is 12.0. The monoisotopic (exact) mass is 804 g/mol. The van der Waals surface area contributed by atoms with Crippen molar-refractivity contribution < 1.29 is 52.7 Å². The van der Waals surface area contributed by atoms with Crippen molar-refractivity contribution in [2.75, 3.05) is 27.8 Å². The number of carbonyl (C=O) groups excluding carboxylic acids is 3. The van der Waals surface area contributed by atoms with E-state index >= 15 is 4.39 Å². The summed E-state index contributed by atoms with van der Waals surface area (Å²) in [5, 5.41) is 23.5. The van der Waals surface area contributed by atoms with Crippen LogP contribution in [0.1, 0.15) is 87.5 Å². The maximum absolute atomic E-state index is 16.7. The molecule has 0 amide bonds. The van der Waals surface area contributed by atoms with Gasteiger partial charge in [-0.25, -0.2) is 14.2 Å². The van der Waals surface area contributed by atoms with Crippen LogP contribution >= 0.6 is 0 Å². The molecule has 2 saturated heterocycles. The molecule has 2 aromatic heterocycles. The Bertz CT molecular complexity index is 1640. The number of aryl methyl sites for hydroxylation is 1. The molecule has 0 radical (unpaired) electrons. The molecule has 1 unspecified atom stereocenters. The smallest absolute Gasteiger partial charge is 0.351 e. The molecule has 0 spiro atoms. The molecule has 2 aliphatic heterocycles. The first-order valence-electron chi connectivity index (χ1n) is 20.1. The fourth-order valence-corrected chi connectivity index (χ4v) is 8.49. The number of nitrogens with zero attached hydrogens (tertiary/aromatic N) is 4. The zero-order valence-electron chi connectivity index (χ0n) is 35.5. The molecule has 0 aromatic carbocycles. The van der Waals surface area contributed by atoms with Gasteiger partial charge in [0, 0.05) is 68.2 Å². The molecule has 14 nitrogen and oxygen atoms in total. The Labute approximate surface area is 336 Å². The Hall–Kier alpha value is -3.18. The van der Waals surface area contributed by atoms with Crippen molar-refractivity contribution in [2.24, 2.45) is 17.8 Å². The van der Waals surface area contributed by atoms with Gasteiger partial charge in [0.2, 0.25) is 0 Å². The number of Topliss-reactive ketones (excluding diaryl/α,β-unsaturated/α-hetero) is 2. The normalized spacial score (nSPS) is 37.6. The lowest BCUT2D eigenvalue weighted by molar-refractivity contribution is -0.295. The topological polar surface area (TPSA) is 172 Å². The van der Waals surface area contributed by atoms with Crippen LogP contribution < -0.4 is 0 Å². The molecule has 2 aromatic rings. The average Bonchev–Trinajstić information content (AvgIpc) is 3.65. The fraction of sp³-hybridized carbons (Fsp3) is 0.738. The Morgan fingerprint density at radius 3 is 2.39 bits per heavy atom. The van der Waals surface area contributed by atoms with E-state index in [1.807, 2.05) is 48.8 Å². The molecule has 0 bridgehead atoms. The molecule has 2 fully saturated rings. The molecular formula is C42H65FN4O10. The highest BCUT2D eigenvalue weighted by Gasteiger charge is 2.56. The van der Waals surface area contributed by atoms with Crippen LogP contribution in [0.15, 0.2) is 37.1 Å². The minimum absolute atomic E-state index is 0.00408. The predicted octanol–water partition coefficient (Wildman–Crippen LogP) is 4.58. The third kappa shape index (κ3) is 10.5. The Balaban J connectivity index is 1.62. The number of halogens is 1. The van der Waals surface area contributed by atoms with Crippen LogP contribution in [0.2, 0.25) is 0 Å². The number of methoxy groups -OCH3 is 1. The van der Waals surface area contributed by atoms with E-state index in [0.29, 0.717) is 25.8 Å². The van der Waals surface area contributed by atoms with E-state index in [4.69, 9.17) is 23.7 Å². The largest absolute Gasteiger partial charge is 0.457 e. The number of aliphatic hydroxyl groups excluding tert-OH is 1. The first kappa shape index (κ1) is 46.5. The van der Waals surface area contributed by atoms with Crippen LogP contribution in [0, 0.1) is 17.8 Å². The molecule has 2 N–H and O–H groups in total. The summed E-state index contributed by atoms with van der Waals surface area (Å²) in [6, 6.07) is 3.43. The number of cyclic esters (lactones) is 1. The number of ketones is 2. The van der Waals surface area contributed by atoms with Crippen molar-refractivity contribution in [3.05, 3.63) is 37.1 Å². The number of aromatic nitrogens is 3. The number of ether oxygens (including phenoxy) is 5. The predicted molar refractivity (Wildman–Crippen MR) is 210 cm³/mol. The first-order chi connectivity index (χ1) is 26.7. The van der Waals surface area contributed by atoms with Crippen LogP contribution in [-0.2, 0) is 44.6 Å². The molecule has 320 valence electrons. The maximum Gasteiger partial charge on any atom is 0.351 e. The summed E-state index contributed by atoms with van der Waals surface area (Å²) in [4.78, 5) is 52.7. The highest BCUT2D eigenvalue weighted by atomic mass is 19.1. The zero-order valence-corrected chi connectivity index (χ0v) is 35.5. The lowest BCUT2D eigenvalue weighted by Gasteiger charge is -2.47. The van der Waals surface area contributed by atoms with Gasteiger partial charge in [0.05, 0.1) is 35.9 Å².